The van der Waals surface area contributed by atoms with Crippen LogP contribution in [-0.4, -0.2) is 42.6 Å². The summed E-state index contributed by atoms with van der Waals surface area (Å²) >= 11 is 3.71. The molecule has 20 heavy (non-hydrogen) atoms. The average molecular weight is 336 g/mol. The summed E-state index contributed by atoms with van der Waals surface area (Å²) in [6.07, 6.45) is 1.06. The largest absolute Gasteiger partial charge is 0.349 e. The molecule has 1 atom stereocenters. The second kappa shape index (κ2) is 5.51. The third-order valence-electron chi connectivity index (χ3n) is 4.20. The molecule has 108 valence electrons. The molecule has 0 saturated carbocycles. The number of fused-ring (bicyclic) bond motifs is 1. The highest BCUT2D eigenvalue weighted by molar-refractivity contribution is 9.10. The molecule has 1 unspecified atom stereocenters. The number of rotatable bonds is 2. The van der Waals surface area contributed by atoms with E-state index in [0.29, 0.717) is 6.04 Å². The van der Waals surface area contributed by atoms with Crippen LogP contribution in [0.1, 0.15) is 16.7 Å². The van der Waals surface area contributed by atoms with Gasteiger partial charge >= 0.3 is 0 Å². The maximum atomic E-state index is 3.71. The molecular formula is C16H22BrN3. The van der Waals surface area contributed by atoms with Crippen LogP contribution in [0.2, 0.25) is 0 Å². The van der Waals surface area contributed by atoms with E-state index in [0.717, 1.165) is 30.7 Å². The number of hydrogen-bond acceptors (Lipinski definition) is 2. The molecule has 0 bridgehead atoms. The first-order chi connectivity index (χ1) is 9.54. The molecule has 0 spiro atoms. The summed E-state index contributed by atoms with van der Waals surface area (Å²) in [5.74, 6) is 0. The number of aromatic nitrogens is 1. The van der Waals surface area contributed by atoms with Crippen LogP contribution in [-0.2, 0) is 6.42 Å². The predicted octanol–water partition coefficient (Wildman–Crippen LogP) is 2.99. The molecule has 4 heteroatoms. The molecule has 1 aliphatic heterocycles. The van der Waals surface area contributed by atoms with Gasteiger partial charge in [-0.25, -0.2) is 0 Å². The van der Waals surface area contributed by atoms with Gasteiger partial charge in [-0.05, 0) is 66.0 Å². The molecule has 0 aliphatic carbocycles. The fourth-order valence-electron chi connectivity index (χ4n) is 3.34. The van der Waals surface area contributed by atoms with Crippen molar-refractivity contribution in [3.63, 3.8) is 0 Å². The van der Waals surface area contributed by atoms with E-state index in [9.17, 15) is 0 Å². The number of benzene rings is 1. The Morgan fingerprint density at radius 3 is 2.90 bits per heavy atom. The normalized spacial score (nSPS) is 20.7. The molecular weight excluding hydrogens is 314 g/mol. The van der Waals surface area contributed by atoms with Gasteiger partial charge < -0.3 is 15.2 Å². The van der Waals surface area contributed by atoms with Crippen LogP contribution in [0.5, 0.6) is 0 Å². The first-order valence-corrected chi connectivity index (χ1v) is 8.03. The van der Waals surface area contributed by atoms with Crippen molar-refractivity contribution >= 4 is 26.8 Å². The van der Waals surface area contributed by atoms with Crippen LogP contribution in [0, 0.1) is 13.8 Å². The van der Waals surface area contributed by atoms with Crippen LogP contribution in [0.15, 0.2) is 16.7 Å². The average Bonchev–Trinajstić information content (AvgIpc) is 2.65. The second-order valence-electron chi connectivity index (χ2n) is 6.04. The Labute approximate surface area is 128 Å². The topological polar surface area (TPSA) is 31.1 Å². The second-order valence-corrected chi connectivity index (χ2v) is 6.83. The zero-order valence-corrected chi connectivity index (χ0v) is 14.0. The third-order valence-corrected chi connectivity index (χ3v) is 4.88. The van der Waals surface area contributed by atoms with Crippen molar-refractivity contribution in [3.8, 4) is 0 Å². The summed E-state index contributed by atoms with van der Waals surface area (Å²) in [5, 5.41) is 5.02. The smallest absolute Gasteiger partial charge is 0.0864 e. The van der Waals surface area contributed by atoms with Crippen molar-refractivity contribution in [2.75, 3.05) is 26.7 Å². The van der Waals surface area contributed by atoms with Gasteiger partial charge in [0.2, 0.25) is 0 Å². The lowest BCUT2D eigenvalue weighted by atomic mass is 9.99. The molecule has 0 radical (unpaired) electrons. The number of nitrogens with one attached hydrogen (secondary N) is 2. The number of halogens is 1. The number of piperazine rings is 1. The minimum atomic E-state index is 0.532. The van der Waals surface area contributed by atoms with Crippen molar-refractivity contribution in [2.45, 2.75) is 26.3 Å². The highest BCUT2D eigenvalue weighted by atomic mass is 79.9. The monoisotopic (exact) mass is 335 g/mol. The Balaban J connectivity index is 1.96. The highest BCUT2D eigenvalue weighted by Gasteiger charge is 2.20. The molecule has 2 heterocycles. The van der Waals surface area contributed by atoms with Crippen molar-refractivity contribution in [1.29, 1.82) is 0 Å². The van der Waals surface area contributed by atoms with E-state index in [2.05, 4.69) is 64.2 Å². The van der Waals surface area contributed by atoms with Gasteiger partial charge in [0.05, 0.1) is 4.60 Å². The van der Waals surface area contributed by atoms with Crippen molar-refractivity contribution in [3.05, 3.63) is 33.4 Å². The fraction of sp³-hybridized carbons (Fsp3) is 0.500. The summed E-state index contributed by atoms with van der Waals surface area (Å²) in [4.78, 5) is 5.89. The molecule has 1 aromatic carbocycles. The SMILES string of the molecule is Cc1cc(C)c2c(CC3CN(C)CCN3)c(Br)[nH]c2c1. The predicted molar refractivity (Wildman–Crippen MR) is 88.5 cm³/mol. The van der Waals surface area contributed by atoms with E-state index >= 15 is 0 Å². The Morgan fingerprint density at radius 2 is 2.15 bits per heavy atom. The molecule has 3 rings (SSSR count). The number of aromatic amines is 1. The number of aryl methyl sites for hydroxylation is 2. The highest BCUT2D eigenvalue weighted by Crippen LogP contribution is 2.31. The maximum absolute atomic E-state index is 3.71. The van der Waals surface area contributed by atoms with Crippen molar-refractivity contribution in [2.24, 2.45) is 0 Å². The van der Waals surface area contributed by atoms with Crippen LogP contribution in [0.25, 0.3) is 10.9 Å². The van der Waals surface area contributed by atoms with Gasteiger partial charge in [0.15, 0.2) is 0 Å². The maximum Gasteiger partial charge on any atom is 0.0864 e. The van der Waals surface area contributed by atoms with E-state index in [-0.39, 0.29) is 0 Å². The third kappa shape index (κ3) is 2.65. The van der Waals surface area contributed by atoms with Crippen LogP contribution in [0.4, 0.5) is 0 Å². The molecule has 2 aromatic rings. The summed E-state index contributed by atoms with van der Waals surface area (Å²) in [6.45, 7) is 7.70. The van der Waals surface area contributed by atoms with Crippen molar-refractivity contribution < 1.29 is 0 Å². The van der Waals surface area contributed by atoms with Gasteiger partial charge in [0, 0.05) is 36.6 Å². The number of H-pyrrole nitrogens is 1. The Bertz CT molecular complexity index is 632. The molecule has 1 saturated heterocycles. The lowest BCUT2D eigenvalue weighted by Crippen LogP contribution is -2.49. The van der Waals surface area contributed by atoms with E-state index in [1.165, 1.54) is 27.6 Å². The van der Waals surface area contributed by atoms with Gasteiger partial charge in [-0.15, -0.1) is 0 Å². The van der Waals surface area contributed by atoms with Crippen LogP contribution < -0.4 is 5.32 Å². The fourth-order valence-corrected chi connectivity index (χ4v) is 3.91. The van der Waals surface area contributed by atoms with E-state index < -0.39 is 0 Å². The molecule has 1 aliphatic rings. The summed E-state index contributed by atoms with van der Waals surface area (Å²) in [6, 6.07) is 5.04. The Morgan fingerprint density at radius 1 is 1.35 bits per heavy atom. The lowest BCUT2D eigenvalue weighted by Gasteiger charge is -2.31. The molecule has 1 aromatic heterocycles. The summed E-state index contributed by atoms with van der Waals surface area (Å²) in [7, 11) is 2.20. The van der Waals surface area contributed by atoms with Gasteiger partial charge in [0.25, 0.3) is 0 Å². The number of likely N-dealkylation sites (N-methyl/N-ethyl adjacent to an activating group) is 1. The van der Waals surface area contributed by atoms with E-state index in [4.69, 9.17) is 0 Å². The quantitative estimate of drug-likeness (QED) is 0.883. The van der Waals surface area contributed by atoms with Crippen LogP contribution >= 0.6 is 15.9 Å². The van der Waals surface area contributed by atoms with E-state index in [1.54, 1.807) is 0 Å². The number of hydrogen-bond donors (Lipinski definition) is 2. The van der Waals surface area contributed by atoms with Gasteiger partial charge in [-0.1, -0.05) is 6.07 Å². The lowest BCUT2D eigenvalue weighted by molar-refractivity contribution is 0.238. The van der Waals surface area contributed by atoms with Gasteiger partial charge in [-0.3, -0.25) is 0 Å². The zero-order chi connectivity index (χ0) is 14.3. The minimum absolute atomic E-state index is 0.532. The standard InChI is InChI=1S/C16H22BrN3/c1-10-6-11(2)15-13(16(17)19-14(15)7-10)8-12-9-20(3)5-4-18-12/h6-7,12,18-19H,4-5,8-9H2,1-3H3. The van der Waals surface area contributed by atoms with Gasteiger partial charge in [-0.2, -0.15) is 0 Å². The summed E-state index contributed by atoms with van der Waals surface area (Å²) < 4.78 is 1.14. The van der Waals surface area contributed by atoms with E-state index in [1.807, 2.05) is 0 Å². The van der Waals surface area contributed by atoms with Gasteiger partial charge in [0.1, 0.15) is 0 Å². The zero-order valence-electron chi connectivity index (χ0n) is 12.4. The first-order valence-electron chi connectivity index (χ1n) is 7.24. The minimum Gasteiger partial charge on any atom is -0.349 e. The van der Waals surface area contributed by atoms with Crippen molar-refractivity contribution in [1.82, 2.24) is 15.2 Å². The number of nitrogens with zero attached hydrogens (tertiary/aromatic N) is 1. The molecule has 2 N–H and O–H groups in total. The first kappa shape index (κ1) is 14.1. The Hall–Kier alpha value is -0.840. The molecule has 3 nitrogen and oxygen atoms in total. The summed E-state index contributed by atoms with van der Waals surface area (Å²) in [5.41, 5.74) is 5.32. The molecule has 1 fully saturated rings. The van der Waals surface area contributed by atoms with Crippen LogP contribution in [0.3, 0.4) is 0 Å². The molecule has 0 amide bonds. The Kier molecular flexibility index (Phi) is 3.89.